The van der Waals surface area contributed by atoms with E-state index >= 15 is 0 Å². The summed E-state index contributed by atoms with van der Waals surface area (Å²) in [5.74, 6) is -0.244. The number of benzene rings is 1. The fourth-order valence-electron chi connectivity index (χ4n) is 2.51. The van der Waals surface area contributed by atoms with E-state index in [-0.39, 0.29) is 4.90 Å². The number of nitrogens with zero attached hydrogens (tertiary/aromatic N) is 2. The van der Waals surface area contributed by atoms with Gasteiger partial charge in [-0.1, -0.05) is 18.2 Å². The molecule has 0 radical (unpaired) electrons. The van der Waals surface area contributed by atoms with Gasteiger partial charge in [-0.25, -0.2) is 23.2 Å². The van der Waals surface area contributed by atoms with Crippen LogP contribution in [-0.2, 0) is 21.2 Å². The van der Waals surface area contributed by atoms with Crippen LogP contribution in [0.2, 0.25) is 0 Å². The Labute approximate surface area is 139 Å². The summed E-state index contributed by atoms with van der Waals surface area (Å²) >= 11 is 0. The average Bonchev–Trinajstić information content (AvgIpc) is 3.04. The van der Waals surface area contributed by atoms with Crippen molar-refractivity contribution in [3.8, 4) is 0 Å². The third-order valence-electron chi connectivity index (χ3n) is 3.65. The van der Waals surface area contributed by atoms with Gasteiger partial charge in [-0.2, -0.15) is 0 Å². The summed E-state index contributed by atoms with van der Waals surface area (Å²) < 4.78 is 26.8. The van der Waals surface area contributed by atoms with Crippen LogP contribution < -0.4 is 9.79 Å². The second-order valence-electron chi connectivity index (χ2n) is 5.20. The second-order valence-corrected chi connectivity index (χ2v) is 7.06. The quantitative estimate of drug-likeness (QED) is 0.495. The molecule has 0 atom stereocenters. The molecule has 2 aromatic rings. The first-order valence-corrected chi connectivity index (χ1v) is 8.65. The molecule has 7 nitrogen and oxygen atoms in total. The van der Waals surface area contributed by atoms with Crippen molar-refractivity contribution >= 4 is 27.8 Å². The Hall–Kier alpha value is -2.71. The van der Waals surface area contributed by atoms with Crippen LogP contribution in [0.15, 0.2) is 53.6 Å². The van der Waals surface area contributed by atoms with Gasteiger partial charge in [-0.05, 0) is 41.8 Å². The number of amides is 1. The highest BCUT2D eigenvalue weighted by Crippen LogP contribution is 2.31. The lowest BCUT2D eigenvalue weighted by Gasteiger charge is -2.18. The number of nitrogens with one attached hydrogen (secondary N) is 1. The van der Waals surface area contributed by atoms with E-state index in [0.717, 1.165) is 11.6 Å². The Kier molecular flexibility index (Phi) is 4.32. The van der Waals surface area contributed by atoms with E-state index < -0.39 is 15.9 Å². The van der Waals surface area contributed by atoms with Gasteiger partial charge in [0.05, 0.1) is 4.90 Å². The maximum absolute atomic E-state index is 12.7. The number of pyridine rings is 1. The normalized spacial score (nSPS) is 14.0. The molecule has 0 spiro atoms. The maximum atomic E-state index is 12.7. The minimum atomic E-state index is -3.64. The van der Waals surface area contributed by atoms with Crippen molar-refractivity contribution in [1.29, 1.82) is 0 Å². The van der Waals surface area contributed by atoms with Crippen LogP contribution in [-0.4, -0.2) is 31.1 Å². The molecule has 0 fully saturated rings. The van der Waals surface area contributed by atoms with Crippen molar-refractivity contribution in [1.82, 2.24) is 10.5 Å². The number of carbonyl (C=O) groups is 1. The van der Waals surface area contributed by atoms with E-state index in [0.29, 0.717) is 24.3 Å². The summed E-state index contributed by atoms with van der Waals surface area (Å²) in [5, 5.41) is 8.46. The van der Waals surface area contributed by atoms with Gasteiger partial charge in [0.2, 0.25) is 0 Å². The average molecular weight is 345 g/mol. The molecule has 1 amide bonds. The van der Waals surface area contributed by atoms with Crippen LogP contribution in [0, 0.1) is 0 Å². The molecular weight excluding hydrogens is 330 g/mol. The summed E-state index contributed by atoms with van der Waals surface area (Å²) in [6.45, 7) is 0.323. The standard InChI is InChI=1S/C16H15N3O4S/c20-15(18-21)7-6-12-10-13-8-9-19(16(13)17-11-12)24(22,23)14-4-2-1-3-5-14/h1-7,10-11,21H,8-9H2,(H,18,20)/b7-6+. The number of carbonyl (C=O) groups excluding carboxylic acids is 1. The molecule has 1 aliphatic rings. The topological polar surface area (TPSA) is 99.6 Å². The molecule has 2 N–H and O–H groups in total. The molecule has 0 saturated carbocycles. The van der Waals surface area contributed by atoms with Gasteiger partial charge in [-0.3, -0.25) is 10.0 Å². The lowest BCUT2D eigenvalue weighted by molar-refractivity contribution is -0.124. The highest BCUT2D eigenvalue weighted by molar-refractivity contribution is 7.92. The molecule has 124 valence electrons. The molecule has 1 aromatic carbocycles. The van der Waals surface area contributed by atoms with Crippen LogP contribution >= 0.6 is 0 Å². The van der Waals surface area contributed by atoms with Crippen LogP contribution in [0.1, 0.15) is 11.1 Å². The summed E-state index contributed by atoms with van der Waals surface area (Å²) in [4.78, 5) is 15.5. The summed E-state index contributed by atoms with van der Waals surface area (Å²) in [6, 6.07) is 10.0. The molecule has 1 aromatic heterocycles. The molecule has 8 heteroatoms. The Morgan fingerprint density at radius 2 is 2.04 bits per heavy atom. The highest BCUT2D eigenvalue weighted by Gasteiger charge is 2.31. The van der Waals surface area contributed by atoms with Gasteiger partial charge < -0.3 is 0 Å². The van der Waals surface area contributed by atoms with Crippen molar-refractivity contribution in [2.24, 2.45) is 0 Å². The fraction of sp³-hybridized carbons (Fsp3) is 0.125. The number of hydroxylamine groups is 1. The lowest BCUT2D eigenvalue weighted by Crippen LogP contribution is -2.29. The van der Waals surface area contributed by atoms with Crippen molar-refractivity contribution in [3.05, 3.63) is 59.8 Å². The zero-order chi connectivity index (χ0) is 17.2. The SMILES string of the molecule is O=C(/C=C/c1cnc2c(c1)CCN2S(=O)(=O)c1ccccc1)NO. The van der Waals surface area contributed by atoms with Gasteiger partial charge in [0.1, 0.15) is 5.82 Å². The molecule has 0 unspecified atom stereocenters. The predicted octanol–water partition coefficient (Wildman–Crippen LogP) is 1.35. The maximum Gasteiger partial charge on any atom is 0.267 e. The van der Waals surface area contributed by atoms with Gasteiger partial charge in [-0.15, -0.1) is 0 Å². The van der Waals surface area contributed by atoms with E-state index in [1.54, 1.807) is 36.4 Å². The van der Waals surface area contributed by atoms with Gasteiger partial charge in [0.15, 0.2) is 0 Å². The third-order valence-corrected chi connectivity index (χ3v) is 5.46. The first kappa shape index (κ1) is 16.2. The second kappa shape index (κ2) is 6.42. The number of aromatic nitrogens is 1. The number of fused-ring (bicyclic) bond motifs is 1. The van der Waals surface area contributed by atoms with E-state index in [2.05, 4.69) is 4.98 Å². The first-order chi connectivity index (χ1) is 11.5. The predicted molar refractivity (Wildman–Crippen MR) is 87.9 cm³/mol. The van der Waals surface area contributed by atoms with Crippen LogP contribution in [0.5, 0.6) is 0 Å². The van der Waals surface area contributed by atoms with Gasteiger partial charge >= 0.3 is 0 Å². The van der Waals surface area contributed by atoms with Crippen LogP contribution in [0.25, 0.3) is 6.08 Å². The Morgan fingerprint density at radius 1 is 1.29 bits per heavy atom. The molecule has 0 aliphatic carbocycles. The molecule has 24 heavy (non-hydrogen) atoms. The zero-order valence-corrected chi connectivity index (χ0v) is 13.4. The molecule has 2 heterocycles. The number of anilines is 1. The third kappa shape index (κ3) is 3.01. The summed E-state index contributed by atoms with van der Waals surface area (Å²) in [7, 11) is -3.64. The fourth-order valence-corrected chi connectivity index (χ4v) is 3.99. The number of hydrogen-bond acceptors (Lipinski definition) is 5. The van der Waals surface area contributed by atoms with Crippen LogP contribution in [0.3, 0.4) is 0 Å². The largest absolute Gasteiger partial charge is 0.288 e. The highest BCUT2D eigenvalue weighted by atomic mass is 32.2. The van der Waals surface area contributed by atoms with E-state index in [4.69, 9.17) is 5.21 Å². The lowest BCUT2D eigenvalue weighted by atomic mass is 10.1. The minimum absolute atomic E-state index is 0.225. The Bertz CT molecular complexity index is 895. The van der Waals surface area contributed by atoms with Crippen molar-refractivity contribution in [2.45, 2.75) is 11.3 Å². The van der Waals surface area contributed by atoms with Crippen molar-refractivity contribution in [2.75, 3.05) is 10.8 Å². The van der Waals surface area contributed by atoms with Crippen molar-refractivity contribution < 1.29 is 18.4 Å². The van der Waals surface area contributed by atoms with E-state index in [9.17, 15) is 13.2 Å². The number of sulfonamides is 1. The molecule has 0 saturated heterocycles. The Morgan fingerprint density at radius 3 is 2.75 bits per heavy atom. The number of rotatable bonds is 4. The van der Waals surface area contributed by atoms with Gasteiger partial charge in [0.25, 0.3) is 15.9 Å². The zero-order valence-electron chi connectivity index (χ0n) is 12.6. The smallest absolute Gasteiger partial charge is 0.267 e. The molecule has 0 bridgehead atoms. The van der Waals surface area contributed by atoms with Gasteiger partial charge in [0, 0.05) is 18.8 Å². The van der Waals surface area contributed by atoms with E-state index in [1.807, 2.05) is 0 Å². The Balaban J connectivity index is 1.91. The summed E-state index contributed by atoms with van der Waals surface area (Å²) in [6.07, 6.45) is 4.69. The van der Waals surface area contributed by atoms with E-state index in [1.165, 1.54) is 22.1 Å². The molecule has 1 aliphatic heterocycles. The minimum Gasteiger partial charge on any atom is -0.288 e. The molecule has 3 rings (SSSR count). The monoisotopic (exact) mass is 345 g/mol. The number of hydrogen-bond donors (Lipinski definition) is 2. The molecular formula is C16H15N3O4S. The first-order valence-electron chi connectivity index (χ1n) is 7.21. The van der Waals surface area contributed by atoms with Crippen molar-refractivity contribution in [3.63, 3.8) is 0 Å². The summed E-state index contributed by atoms with van der Waals surface area (Å²) in [5.41, 5.74) is 2.94. The van der Waals surface area contributed by atoms with Crippen LogP contribution in [0.4, 0.5) is 5.82 Å².